The highest BCUT2D eigenvalue weighted by Crippen LogP contribution is 2.43. The van der Waals surface area contributed by atoms with E-state index in [1.807, 2.05) is 0 Å². The standard InChI is InChI=1S/C20Br2F12/c21-7-5(6-8(22)15(29)19(33)18(32)14(6)28)13(27)10(24)3(9(7)23)1-2-4-11(25)16(30)20(34)17(31)12(4)26. The Labute approximate surface area is 197 Å². The van der Waals surface area contributed by atoms with Crippen LogP contribution in [0.1, 0.15) is 11.1 Å². The van der Waals surface area contributed by atoms with Crippen LogP contribution >= 0.6 is 31.9 Å². The summed E-state index contributed by atoms with van der Waals surface area (Å²) in [5.41, 5.74) is -6.43. The fraction of sp³-hybridized carbons (Fsp3) is 0. The van der Waals surface area contributed by atoms with E-state index in [-0.39, 0.29) is 0 Å². The van der Waals surface area contributed by atoms with Crippen LogP contribution in [0.3, 0.4) is 0 Å². The molecular formula is C20Br2F12. The molecule has 0 atom stereocenters. The van der Waals surface area contributed by atoms with Crippen LogP contribution in [0.4, 0.5) is 52.7 Å². The van der Waals surface area contributed by atoms with E-state index in [4.69, 9.17) is 0 Å². The molecule has 0 saturated carbocycles. The molecule has 0 aliphatic heterocycles. The number of hydrogen-bond acceptors (Lipinski definition) is 0. The second kappa shape index (κ2) is 9.18. The number of hydrogen-bond donors (Lipinski definition) is 0. The van der Waals surface area contributed by atoms with Crippen LogP contribution in [-0.4, -0.2) is 0 Å². The molecule has 0 nitrogen and oxygen atoms in total. The van der Waals surface area contributed by atoms with Crippen molar-refractivity contribution in [1.82, 2.24) is 0 Å². The smallest absolute Gasteiger partial charge is 0.200 e. The minimum Gasteiger partial charge on any atom is -0.204 e. The van der Waals surface area contributed by atoms with Crippen molar-refractivity contribution in [3.8, 4) is 23.0 Å². The summed E-state index contributed by atoms with van der Waals surface area (Å²) in [7, 11) is 0. The summed E-state index contributed by atoms with van der Waals surface area (Å²) in [5.74, 6) is -25.2. The minimum absolute atomic E-state index is 1.24. The van der Waals surface area contributed by atoms with Gasteiger partial charge in [-0.25, -0.2) is 52.7 Å². The average molecular weight is 628 g/mol. The maximum Gasteiger partial charge on any atom is 0.200 e. The molecule has 3 aromatic rings. The molecular weight excluding hydrogens is 628 g/mol. The van der Waals surface area contributed by atoms with Crippen LogP contribution in [-0.2, 0) is 0 Å². The summed E-state index contributed by atoms with van der Waals surface area (Å²) in [6.45, 7) is 0. The van der Waals surface area contributed by atoms with E-state index in [2.05, 4.69) is 31.9 Å². The highest BCUT2D eigenvalue weighted by molar-refractivity contribution is 9.11. The third kappa shape index (κ3) is 3.84. The summed E-state index contributed by atoms with van der Waals surface area (Å²) in [5, 5.41) is 0. The van der Waals surface area contributed by atoms with E-state index in [1.54, 1.807) is 0 Å². The first-order valence-corrected chi connectivity index (χ1v) is 9.73. The number of halogens is 14. The van der Waals surface area contributed by atoms with Gasteiger partial charge < -0.3 is 0 Å². The molecule has 34 heavy (non-hydrogen) atoms. The molecule has 3 rings (SSSR count). The van der Waals surface area contributed by atoms with Crippen molar-refractivity contribution in [3.05, 3.63) is 89.9 Å². The van der Waals surface area contributed by atoms with E-state index in [1.165, 1.54) is 11.8 Å². The first-order chi connectivity index (χ1) is 15.7. The third-order valence-electron chi connectivity index (χ3n) is 4.25. The van der Waals surface area contributed by atoms with Gasteiger partial charge in [-0.15, -0.1) is 0 Å². The Morgan fingerprint density at radius 3 is 1.06 bits per heavy atom. The highest BCUT2D eigenvalue weighted by Gasteiger charge is 2.32. The molecule has 0 unspecified atom stereocenters. The van der Waals surface area contributed by atoms with E-state index in [0.717, 1.165) is 0 Å². The molecule has 0 spiro atoms. The maximum atomic E-state index is 14.7. The lowest BCUT2D eigenvalue weighted by Crippen LogP contribution is -2.07. The minimum atomic E-state index is -2.54. The molecule has 0 saturated heterocycles. The van der Waals surface area contributed by atoms with Crippen molar-refractivity contribution in [2.24, 2.45) is 0 Å². The zero-order valence-electron chi connectivity index (χ0n) is 15.3. The Morgan fingerprint density at radius 1 is 0.324 bits per heavy atom. The second-order valence-corrected chi connectivity index (χ2v) is 7.73. The normalized spacial score (nSPS) is 11.0. The Bertz CT molecular complexity index is 1370. The lowest BCUT2D eigenvalue weighted by atomic mass is 10.0. The molecule has 0 aliphatic rings. The van der Waals surface area contributed by atoms with Crippen LogP contribution in [0, 0.1) is 81.6 Å². The second-order valence-electron chi connectivity index (χ2n) is 6.15. The molecule has 3 aromatic carbocycles. The fourth-order valence-electron chi connectivity index (χ4n) is 2.62. The predicted octanol–water partition coefficient (Wildman–Crippen LogP) is 7.95. The molecule has 0 aliphatic carbocycles. The largest absolute Gasteiger partial charge is 0.204 e. The Balaban J connectivity index is 2.33. The Morgan fingerprint density at radius 2 is 0.588 bits per heavy atom. The van der Waals surface area contributed by atoms with Crippen molar-refractivity contribution in [2.45, 2.75) is 0 Å². The average Bonchev–Trinajstić information content (AvgIpc) is 2.81. The van der Waals surface area contributed by atoms with Crippen molar-refractivity contribution in [1.29, 1.82) is 0 Å². The van der Waals surface area contributed by atoms with Crippen LogP contribution in [0.15, 0.2) is 8.95 Å². The number of rotatable bonds is 1. The van der Waals surface area contributed by atoms with Crippen molar-refractivity contribution in [2.75, 3.05) is 0 Å². The van der Waals surface area contributed by atoms with Crippen molar-refractivity contribution in [3.63, 3.8) is 0 Å². The van der Waals surface area contributed by atoms with Gasteiger partial charge in [0, 0.05) is 11.1 Å². The summed E-state index contributed by atoms with van der Waals surface area (Å²) < 4.78 is 163. The first-order valence-electron chi connectivity index (χ1n) is 8.15. The topological polar surface area (TPSA) is 0 Å². The van der Waals surface area contributed by atoms with Gasteiger partial charge in [-0.1, -0.05) is 11.8 Å². The van der Waals surface area contributed by atoms with Crippen LogP contribution < -0.4 is 0 Å². The summed E-state index contributed by atoms with van der Waals surface area (Å²) in [6, 6.07) is 0. The zero-order chi connectivity index (χ0) is 25.8. The molecule has 0 fully saturated rings. The molecule has 0 N–H and O–H groups in total. The molecule has 0 heterocycles. The molecule has 0 aromatic heterocycles. The number of benzene rings is 3. The molecule has 178 valence electrons. The van der Waals surface area contributed by atoms with Crippen molar-refractivity contribution >= 4 is 31.9 Å². The van der Waals surface area contributed by atoms with E-state index < -0.39 is 101 Å². The van der Waals surface area contributed by atoms with Crippen LogP contribution in [0.2, 0.25) is 0 Å². The summed E-state index contributed by atoms with van der Waals surface area (Å²) in [6.07, 6.45) is 0. The van der Waals surface area contributed by atoms with Crippen LogP contribution in [0.5, 0.6) is 0 Å². The highest BCUT2D eigenvalue weighted by atomic mass is 79.9. The van der Waals surface area contributed by atoms with Gasteiger partial charge in [0.25, 0.3) is 0 Å². The predicted molar refractivity (Wildman–Crippen MR) is 99.2 cm³/mol. The van der Waals surface area contributed by atoms with Gasteiger partial charge in [-0.2, -0.15) is 0 Å². The first kappa shape index (κ1) is 26.0. The van der Waals surface area contributed by atoms with Gasteiger partial charge >= 0.3 is 0 Å². The monoisotopic (exact) mass is 626 g/mol. The third-order valence-corrected chi connectivity index (χ3v) is 5.73. The lowest BCUT2D eigenvalue weighted by Gasteiger charge is -2.14. The zero-order valence-corrected chi connectivity index (χ0v) is 18.5. The molecule has 0 bridgehead atoms. The van der Waals surface area contributed by atoms with Crippen molar-refractivity contribution < 1.29 is 52.7 Å². The van der Waals surface area contributed by atoms with Gasteiger partial charge in [0.05, 0.1) is 8.95 Å². The molecule has 0 radical (unpaired) electrons. The van der Waals surface area contributed by atoms with Gasteiger partial charge in [-0.3, -0.25) is 0 Å². The summed E-state index contributed by atoms with van der Waals surface area (Å²) in [4.78, 5) is 0. The molecule has 14 heteroatoms. The van der Waals surface area contributed by atoms with E-state index in [9.17, 15) is 52.7 Å². The van der Waals surface area contributed by atoms with Gasteiger partial charge in [0.1, 0.15) is 11.1 Å². The lowest BCUT2D eigenvalue weighted by molar-refractivity contribution is 0.376. The van der Waals surface area contributed by atoms with E-state index in [0.29, 0.717) is 0 Å². The Kier molecular flexibility index (Phi) is 7.01. The van der Waals surface area contributed by atoms with Gasteiger partial charge in [0.2, 0.25) is 5.82 Å². The SMILES string of the molecule is Fc1c(F)c(F)c(C#Cc2c(F)c(F)c(-c3c(F)c(F)c(F)c(F)c3Br)c(Br)c2F)c(F)c1F. The Hall–Kier alpha value is -2.66. The van der Waals surface area contributed by atoms with Crippen LogP contribution in [0.25, 0.3) is 11.1 Å². The van der Waals surface area contributed by atoms with Gasteiger partial charge in [-0.05, 0) is 31.9 Å². The maximum absolute atomic E-state index is 14.7. The quantitative estimate of drug-likeness (QED) is 0.111. The summed E-state index contributed by atoms with van der Waals surface area (Å²) >= 11 is 4.70. The van der Waals surface area contributed by atoms with Gasteiger partial charge in [0.15, 0.2) is 64.0 Å². The van der Waals surface area contributed by atoms with E-state index >= 15 is 0 Å². The fourth-order valence-corrected chi connectivity index (χ4v) is 3.74. The molecule has 0 amide bonds.